The van der Waals surface area contributed by atoms with Crippen molar-refractivity contribution in [3.63, 3.8) is 0 Å². The van der Waals surface area contributed by atoms with Crippen LogP contribution in [0.4, 0.5) is 4.79 Å². The fourth-order valence-corrected chi connectivity index (χ4v) is 2.91. The van der Waals surface area contributed by atoms with Gasteiger partial charge in [0.1, 0.15) is 18.1 Å². The molecule has 0 bridgehead atoms. The Morgan fingerprint density at radius 3 is 3.22 bits per heavy atom. The zero-order valence-corrected chi connectivity index (χ0v) is 13.3. The molecule has 23 heavy (non-hydrogen) atoms. The number of aromatic nitrogens is 2. The van der Waals surface area contributed by atoms with E-state index in [-0.39, 0.29) is 12.1 Å². The number of hydrogen-bond donors (Lipinski definition) is 1. The molecule has 0 aromatic carbocycles. The topological polar surface area (TPSA) is 72.5 Å². The lowest BCUT2D eigenvalue weighted by Crippen LogP contribution is -2.40. The molecule has 1 fully saturated rings. The predicted octanol–water partition coefficient (Wildman–Crippen LogP) is 2.17. The number of hydrogen-bond acceptors (Lipinski definition) is 4. The summed E-state index contributed by atoms with van der Waals surface area (Å²) >= 11 is 0. The van der Waals surface area contributed by atoms with E-state index in [4.69, 9.17) is 9.15 Å². The van der Waals surface area contributed by atoms with Crippen LogP contribution in [-0.4, -0.2) is 40.7 Å². The van der Waals surface area contributed by atoms with E-state index in [9.17, 15) is 4.79 Å². The van der Waals surface area contributed by atoms with Gasteiger partial charge in [-0.1, -0.05) is 0 Å². The molecule has 1 aliphatic heterocycles. The second-order valence-corrected chi connectivity index (χ2v) is 5.62. The van der Waals surface area contributed by atoms with Crippen molar-refractivity contribution in [1.29, 1.82) is 0 Å². The van der Waals surface area contributed by atoms with Crippen LogP contribution in [-0.2, 0) is 17.9 Å². The second-order valence-electron chi connectivity index (χ2n) is 5.62. The summed E-state index contributed by atoms with van der Waals surface area (Å²) in [4.78, 5) is 18.2. The molecule has 1 unspecified atom stereocenters. The van der Waals surface area contributed by atoms with Crippen LogP contribution in [0.25, 0.3) is 0 Å². The molecule has 1 N–H and O–H groups in total. The summed E-state index contributed by atoms with van der Waals surface area (Å²) in [6.07, 6.45) is 7.26. The highest BCUT2D eigenvalue weighted by Gasteiger charge is 2.32. The zero-order valence-electron chi connectivity index (χ0n) is 13.3. The summed E-state index contributed by atoms with van der Waals surface area (Å²) < 4.78 is 12.8. The van der Waals surface area contributed by atoms with Crippen LogP contribution in [0, 0.1) is 0 Å². The monoisotopic (exact) mass is 318 g/mol. The van der Waals surface area contributed by atoms with Gasteiger partial charge >= 0.3 is 6.03 Å². The third-order valence-corrected chi connectivity index (χ3v) is 4.02. The Balaban J connectivity index is 1.55. The molecular weight excluding hydrogens is 296 g/mol. The van der Waals surface area contributed by atoms with Crippen LogP contribution in [0.15, 0.2) is 35.3 Å². The highest BCUT2D eigenvalue weighted by atomic mass is 16.5. The molecule has 2 aromatic rings. The van der Waals surface area contributed by atoms with Crippen LogP contribution >= 0.6 is 0 Å². The van der Waals surface area contributed by atoms with E-state index < -0.39 is 0 Å². The molecule has 0 aliphatic carbocycles. The normalized spacial score (nSPS) is 17.6. The van der Waals surface area contributed by atoms with Crippen molar-refractivity contribution >= 4 is 6.03 Å². The van der Waals surface area contributed by atoms with E-state index in [0.29, 0.717) is 19.7 Å². The Kier molecular flexibility index (Phi) is 4.97. The van der Waals surface area contributed by atoms with Crippen molar-refractivity contribution < 1.29 is 13.9 Å². The number of urea groups is 1. The Bertz CT molecular complexity index is 623. The Labute approximate surface area is 135 Å². The van der Waals surface area contributed by atoms with Gasteiger partial charge in [0.05, 0.1) is 12.4 Å². The fourth-order valence-electron chi connectivity index (χ4n) is 2.91. The van der Waals surface area contributed by atoms with Crippen molar-refractivity contribution in [2.75, 3.05) is 20.2 Å². The maximum atomic E-state index is 12.4. The SMILES string of the molecule is COCc1ccc(C2CCCN2C(=O)NCCn2ccnc2)o1. The minimum atomic E-state index is -0.0442. The lowest BCUT2D eigenvalue weighted by molar-refractivity contribution is 0.156. The third kappa shape index (κ3) is 3.73. The largest absolute Gasteiger partial charge is 0.461 e. The first-order chi connectivity index (χ1) is 11.3. The van der Waals surface area contributed by atoms with E-state index >= 15 is 0 Å². The molecule has 3 rings (SSSR count). The molecule has 7 nitrogen and oxygen atoms in total. The molecule has 2 aromatic heterocycles. The van der Waals surface area contributed by atoms with Crippen LogP contribution in [0.3, 0.4) is 0 Å². The highest BCUT2D eigenvalue weighted by Crippen LogP contribution is 2.33. The second kappa shape index (κ2) is 7.32. The quantitative estimate of drug-likeness (QED) is 0.886. The van der Waals surface area contributed by atoms with E-state index in [0.717, 1.165) is 30.9 Å². The summed E-state index contributed by atoms with van der Waals surface area (Å²) in [5.74, 6) is 1.62. The number of ether oxygens (including phenoxy) is 1. The van der Waals surface area contributed by atoms with Crippen LogP contribution in [0.2, 0.25) is 0 Å². The number of nitrogens with zero attached hydrogens (tertiary/aromatic N) is 3. The molecule has 0 spiro atoms. The summed E-state index contributed by atoms with van der Waals surface area (Å²) in [5.41, 5.74) is 0. The van der Waals surface area contributed by atoms with Crippen molar-refractivity contribution in [2.45, 2.75) is 32.0 Å². The fraction of sp³-hybridized carbons (Fsp3) is 0.500. The molecule has 7 heteroatoms. The standard InChI is InChI=1S/C16H22N4O3/c1-22-11-13-4-5-15(23-13)14-3-2-8-20(14)16(21)18-7-10-19-9-6-17-12-19/h4-6,9,12,14H,2-3,7-8,10-11H2,1H3,(H,18,21). The smallest absolute Gasteiger partial charge is 0.318 e. The van der Waals surface area contributed by atoms with Gasteiger partial charge in [-0.15, -0.1) is 0 Å². The first-order valence-corrected chi connectivity index (χ1v) is 7.85. The average Bonchev–Trinajstić information content (AvgIpc) is 3.28. The Morgan fingerprint density at radius 2 is 2.43 bits per heavy atom. The predicted molar refractivity (Wildman–Crippen MR) is 83.7 cm³/mol. The van der Waals surface area contributed by atoms with E-state index in [1.54, 1.807) is 19.6 Å². The van der Waals surface area contributed by atoms with Gasteiger partial charge in [-0.05, 0) is 25.0 Å². The highest BCUT2D eigenvalue weighted by molar-refractivity contribution is 5.75. The molecule has 0 saturated carbocycles. The molecule has 0 radical (unpaired) electrons. The summed E-state index contributed by atoms with van der Waals surface area (Å²) in [6.45, 7) is 2.49. The number of carbonyl (C=O) groups is 1. The molecule has 1 atom stereocenters. The van der Waals surface area contributed by atoms with Crippen molar-refractivity contribution in [3.8, 4) is 0 Å². The Morgan fingerprint density at radius 1 is 1.52 bits per heavy atom. The number of furan rings is 1. The van der Waals surface area contributed by atoms with Gasteiger partial charge < -0.3 is 23.9 Å². The molecule has 1 saturated heterocycles. The van der Waals surface area contributed by atoms with Crippen LogP contribution in [0.5, 0.6) is 0 Å². The third-order valence-electron chi connectivity index (χ3n) is 4.02. The number of nitrogens with one attached hydrogen (secondary N) is 1. The van der Waals surface area contributed by atoms with Crippen molar-refractivity contribution in [2.24, 2.45) is 0 Å². The summed E-state index contributed by atoms with van der Waals surface area (Å²) in [5, 5.41) is 2.97. The van der Waals surface area contributed by atoms with Gasteiger partial charge in [-0.3, -0.25) is 0 Å². The summed E-state index contributed by atoms with van der Waals surface area (Å²) in [6, 6.07) is 3.81. The van der Waals surface area contributed by atoms with Crippen molar-refractivity contribution in [1.82, 2.24) is 19.8 Å². The molecular formula is C16H22N4O3. The number of methoxy groups -OCH3 is 1. The van der Waals surface area contributed by atoms with Gasteiger partial charge in [0.2, 0.25) is 0 Å². The number of rotatable bonds is 6. The van der Waals surface area contributed by atoms with E-state index in [1.807, 2.05) is 27.8 Å². The first kappa shape index (κ1) is 15.6. The van der Waals surface area contributed by atoms with E-state index in [1.165, 1.54) is 0 Å². The maximum absolute atomic E-state index is 12.4. The minimum absolute atomic E-state index is 0.00820. The molecule has 124 valence electrons. The lowest BCUT2D eigenvalue weighted by Gasteiger charge is -2.23. The molecule has 1 aliphatic rings. The van der Waals surface area contributed by atoms with Crippen LogP contribution in [0.1, 0.15) is 30.4 Å². The first-order valence-electron chi connectivity index (χ1n) is 7.85. The van der Waals surface area contributed by atoms with Gasteiger partial charge in [0.25, 0.3) is 0 Å². The van der Waals surface area contributed by atoms with Gasteiger partial charge in [-0.2, -0.15) is 0 Å². The van der Waals surface area contributed by atoms with Gasteiger partial charge in [0, 0.05) is 39.1 Å². The number of amides is 2. The van der Waals surface area contributed by atoms with Crippen LogP contribution < -0.4 is 5.32 Å². The maximum Gasteiger partial charge on any atom is 0.318 e. The molecule has 3 heterocycles. The van der Waals surface area contributed by atoms with Gasteiger partial charge in [0.15, 0.2) is 0 Å². The average molecular weight is 318 g/mol. The van der Waals surface area contributed by atoms with Crippen molar-refractivity contribution in [3.05, 3.63) is 42.4 Å². The number of imidazole rings is 1. The molecule has 2 amide bonds. The van der Waals surface area contributed by atoms with Gasteiger partial charge in [-0.25, -0.2) is 9.78 Å². The number of carbonyl (C=O) groups excluding carboxylic acids is 1. The minimum Gasteiger partial charge on any atom is -0.461 e. The number of likely N-dealkylation sites (tertiary alicyclic amines) is 1. The zero-order chi connectivity index (χ0) is 16.1. The Hall–Kier alpha value is -2.28. The lowest BCUT2D eigenvalue weighted by atomic mass is 10.2. The van der Waals surface area contributed by atoms with E-state index in [2.05, 4.69) is 10.3 Å². The summed E-state index contributed by atoms with van der Waals surface area (Å²) in [7, 11) is 1.64.